The molecule has 0 heterocycles. The van der Waals surface area contributed by atoms with E-state index >= 15 is 0 Å². The molecule has 0 aromatic carbocycles. The molecule has 0 unspecified atom stereocenters. The topological polar surface area (TPSA) is 58.9 Å². The first-order valence-electron chi connectivity index (χ1n) is 6.54. The Morgan fingerprint density at radius 2 is 1.88 bits per heavy atom. The SMILES string of the molecule is CCCCOC(=O)C1CCC(/C(C)=N\O)CC1. The van der Waals surface area contributed by atoms with Gasteiger partial charge < -0.3 is 9.94 Å². The first-order valence-corrected chi connectivity index (χ1v) is 6.54. The molecular weight excluding hydrogens is 218 g/mol. The minimum atomic E-state index is -0.0458. The summed E-state index contributed by atoms with van der Waals surface area (Å²) in [5.74, 6) is 0.338. The maximum atomic E-state index is 11.7. The van der Waals surface area contributed by atoms with E-state index in [0.29, 0.717) is 12.5 Å². The van der Waals surface area contributed by atoms with E-state index in [4.69, 9.17) is 9.94 Å². The molecule has 17 heavy (non-hydrogen) atoms. The number of ether oxygens (including phenoxy) is 1. The van der Waals surface area contributed by atoms with Crippen LogP contribution in [0.4, 0.5) is 0 Å². The Hall–Kier alpha value is -1.06. The van der Waals surface area contributed by atoms with E-state index < -0.39 is 0 Å². The van der Waals surface area contributed by atoms with Crippen LogP contribution < -0.4 is 0 Å². The van der Waals surface area contributed by atoms with Crippen LogP contribution in [0.15, 0.2) is 5.16 Å². The van der Waals surface area contributed by atoms with Crippen molar-refractivity contribution >= 4 is 11.7 Å². The normalized spacial score (nSPS) is 25.6. The van der Waals surface area contributed by atoms with E-state index in [1.807, 2.05) is 6.92 Å². The van der Waals surface area contributed by atoms with Crippen LogP contribution in [-0.4, -0.2) is 23.5 Å². The number of hydrogen-bond acceptors (Lipinski definition) is 4. The molecule has 4 heteroatoms. The molecule has 1 aliphatic rings. The summed E-state index contributed by atoms with van der Waals surface area (Å²) in [6.45, 7) is 4.47. The summed E-state index contributed by atoms with van der Waals surface area (Å²) in [7, 11) is 0. The van der Waals surface area contributed by atoms with Crippen molar-refractivity contribution in [3.8, 4) is 0 Å². The van der Waals surface area contributed by atoms with Gasteiger partial charge in [-0.3, -0.25) is 4.79 Å². The largest absolute Gasteiger partial charge is 0.465 e. The molecule has 0 spiro atoms. The van der Waals surface area contributed by atoms with E-state index in [1.165, 1.54) is 0 Å². The number of carbonyl (C=O) groups excluding carboxylic acids is 1. The first kappa shape index (κ1) is 14.0. The van der Waals surface area contributed by atoms with Crippen LogP contribution in [0.2, 0.25) is 0 Å². The van der Waals surface area contributed by atoms with Crippen molar-refractivity contribution in [2.75, 3.05) is 6.61 Å². The van der Waals surface area contributed by atoms with Gasteiger partial charge in [-0.25, -0.2) is 0 Å². The maximum Gasteiger partial charge on any atom is 0.308 e. The highest BCUT2D eigenvalue weighted by Crippen LogP contribution is 2.30. The van der Waals surface area contributed by atoms with Crippen LogP contribution in [0.5, 0.6) is 0 Å². The van der Waals surface area contributed by atoms with Crippen molar-refractivity contribution in [3.05, 3.63) is 0 Å². The number of hydrogen-bond donors (Lipinski definition) is 1. The van der Waals surface area contributed by atoms with Gasteiger partial charge >= 0.3 is 5.97 Å². The molecule has 1 fully saturated rings. The average molecular weight is 241 g/mol. The van der Waals surface area contributed by atoms with Gasteiger partial charge in [-0.2, -0.15) is 0 Å². The van der Waals surface area contributed by atoms with Gasteiger partial charge in [0, 0.05) is 5.92 Å². The summed E-state index contributed by atoms with van der Waals surface area (Å²) < 4.78 is 5.23. The number of carbonyl (C=O) groups is 1. The van der Waals surface area contributed by atoms with Crippen molar-refractivity contribution in [3.63, 3.8) is 0 Å². The Balaban J connectivity index is 2.29. The third-order valence-electron chi connectivity index (χ3n) is 3.55. The first-order chi connectivity index (χ1) is 8.19. The monoisotopic (exact) mass is 241 g/mol. The Labute approximate surface area is 103 Å². The van der Waals surface area contributed by atoms with Gasteiger partial charge in [0.1, 0.15) is 0 Å². The van der Waals surface area contributed by atoms with Gasteiger partial charge in [0.25, 0.3) is 0 Å². The number of unbranched alkanes of at least 4 members (excludes halogenated alkanes) is 1. The zero-order valence-corrected chi connectivity index (χ0v) is 10.8. The summed E-state index contributed by atoms with van der Waals surface area (Å²) in [6.07, 6.45) is 5.53. The van der Waals surface area contributed by atoms with E-state index in [0.717, 1.165) is 44.2 Å². The molecule has 98 valence electrons. The summed E-state index contributed by atoms with van der Waals surface area (Å²) in [4.78, 5) is 11.7. The van der Waals surface area contributed by atoms with Gasteiger partial charge in [-0.15, -0.1) is 0 Å². The molecule has 0 atom stereocenters. The lowest BCUT2D eigenvalue weighted by molar-refractivity contribution is -0.149. The summed E-state index contributed by atoms with van der Waals surface area (Å²) in [6, 6.07) is 0. The molecule has 0 aliphatic heterocycles. The van der Waals surface area contributed by atoms with E-state index in [2.05, 4.69) is 12.1 Å². The molecule has 0 amide bonds. The standard InChI is InChI=1S/C13H23NO3/c1-3-4-9-17-13(15)12-7-5-11(6-8-12)10(2)14-16/h11-12,16H,3-9H2,1-2H3/b14-10-. The van der Waals surface area contributed by atoms with Gasteiger partial charge in [-0.05, 0) is 39.0 Å². The van der Waals surface area contributed by atoms with Crippen LogP contribution in [0.1, 0.15) is 52.4 Å². The molecule has 1 rings (SSSR count). The molecule has 0 aromatic rings. The Morgan fingerprint density at radius 3 is 2.41 bits per heavy atom. The predicted molar refractivity (Wildman–Crippen MR) is 66.2 cm³/mol. The van der Waals surface area contributed by atoms with Crippen LogP contribution >= 0.6 is 0 Å². The smallest absolute Gasteiger partial charge is 0.308 e. The number of nitrogens with zero attached hydrogens (tertiary/aromatic N) is 1. The molecule has 4 nitrogen and oxygen atoms in total. The van der Waals surface area contributed by atoms with Crippen LogP contribution in [0.3, 0.4) is 0 Å². The quantitative estimate of drug-likeness (QED) is 0.265. The average Bonchev–Trinajstić information content (AvgIpc) is 2.38. The highest BCUT2D eigenvalue weighted by atomic mass is 16.5. The van der Waals surface area contributed by atoms with Crippen LogP contribution in [0.25, 0.3) is 0 Å². The second kappa shape index (κ2) is 7.30. The lowest BCUT2D eigenvalue weighted by atomic mass is 9.80. The molecule has 0 radical (unpaired) electrons. The molecule has 0 aromatic heterocycles. The zero-order valence-electron chi connectivity index (χ0n) is 10.8. The minimum absolute atomic E-state index is 0.0458. The fraction of sp³-hybridized carbons (Fsp3) is 0.846. The third kappa shape index (κ3) is 4.36. The summed E-state index contributed by atoms with van der Waals surface area (Å²) in [5.41, 5.74) is 0.780. The predicted octanol–water partition coefficient (Wildman–Crippen LogP) is 2.99. The van der Waals surface area contributed by atoms with E-state index in [-0.39, 0.29) is 11.9 Å². The van der Waals surface area contributed by atoms with Gasteiger partial charge in [0.05, 0.1) is 18.2 Å². The second-order valence-electron chi connectivity index (χ2n) is 4.81. The van der Waals surface area contributed by atoms with Crippen molar-refractivity contribution in [2.24, 2.45) is 17.0 Å². The molecular formula is C13H23NO3. The van der Waals surface area contributed by atoms with Crippen molar-refractivity contribution in [1.82, 2.24) is 0 Å². The number of esters is 1. The van der Waals surface area contributed by atoms with E-state index in [1.54, 1.807) is 0 Å². The maximum absolute atomic E-state index is 11.7. The summed E-state index contributed by atoms with van der Waals surface area (Å²) >= 11 is 0. The van der Waals surface area contributed by atoms with Crippen LogP contribution in [0, 0.1) is 11.8 Å². The fourth-order valence-corrected chi connectivity index (χ4v) is 2.26. The highest BCUT2D eigenvalue weighted by Gasteiger charge is 2.28. The zero-order chi connectivity index (χ0) is 12.7. The molecule has 1 saturated carbocycles. The number of oxime groups is 1. The lowest BCUT2D eigenvalue weighted by Gasteiger charge is -2.26. The molecule has 1 aliphatic carbocycles. The fourth-order valence-electron chi connectivity index (χ4n) is 2.26. The summed E-state index contributed by atoms with van der Waals surface area (Å²) in [5, 5.41) is 11.9. The minimum Gasteiger partial charge on any atom is -0.465 e. The Morgan fingerprint density at radius 1 is 1.29 bits per heavy atom. The van der Waals surface area contributed by atoms with Crippen LogP contribution in [-0.2, 0) is 9.53 Å². The number of rotatable bonds is 5. The van der Waals surface area contributed by atoms with Gasteiger partial charge in [-0.1, -0.05) is 18.5 Å². The lowest BCUT2D eigenvalue weighted by Crippen LogP contribution is -2.26. The highest BCUT2D eigenvalue weighted by molar-refractivity contribution is 5.84. The Kier molecular flexibility index (Phi) is 6.01. The molecule has 0 saturated heterocycles. The Bertz CT molecular complexity index is 268. The van der Waals surface area contributed by atoms with Crippen molar-refractivity contribution in [1.29, 1.82) is 0 Å². The molecule has 1 N–H and O–H groups in total. The van der Waals surface area contributed by atoms with Crippen molar-refractivity contribution in [2.45, 2.75) is 52.4 Å². The molecule has 0 bridgehead atoms. The third-order valence-corrected chi connectivity index (χ3v) is 3.55. The second-order valence-corrected chi connectivity index (χ2v) is 4.81. The van der Waals surface area contributed by atoms with E-state index in [9.17, 15) is 4.79 Å². The van der Waals surface area contributed by atoms with Gasteiger partial charge in [0.2, 0.25) is 0 Å². The van der Waals surface area contributed by atoms with Crippen molar-refractivity contribution < 1.29 is 14.7 Å². The van der Waals surface area contributed by atoms with Gasteiger partial charge in [0.15, 0.2) is 0 Å².